The van der Waals surface area contributed by atoms with E-state index in [-0.39, 0.29) is 11.9 Å². The van der Waals surface area contributed by atoms with Gasteiger partial charge in [-0.1, -0.05) is 64.0 Å². The van der Waals surface area contributed by atoms with Crippen LogP contribution in [-0.2, 0) is 0 Å². The van der Waals surface area contributed by atoms with Crippen molar-refractivity contribution in [2.75, 3.05) is 4.90 Å². The third-order valence-electron chi connectivity index (χ3n) is 5.35. The van der Waals surface area contributed by atoms with Crippen LogP contribution in [0.2, 0.25) is 0 Å². The molecule has 0 spiro atoms. The van der Waals surface area contributed by atoms with Gasteiger partial charge in [-0.25, -0.2) is 0 Å². The third-order valence-corrected chi connectivity index (χ3v) is 5.88. The lowest BCUT2D eigenvalue weighted by molar-refractivity contribution is 0.0974. The van der Waals surface area contributed by atoms with Crippen LogP contribution >= 0.6 is 15.9 Å². The van der Waals surface area contributed by atoms with Gasteiger partial charge in [0.25, 0.3) is 5.91 Å². The molecule has 3 aromatic carbocycles. The highest BCUT2D eigenvalue weighted by atomic mass is 79.9. The zero-order chi connectivity index (χ0) is 19.0. The highest BCUT2D eigenvalue weighted by Crippen LogP contribution is 2.43. The maximum atomic E-state index is 13.3. The van der Waals surface area contributed by atoms with E-state index in [0.717, 1.165) is 22.1 Å². The van der Waals surface area contributed by atoms with Crippen LogP contribution in [0.4, 0.5) is 5.69 Å². The van der Waals surface area contributed by atoms with Gasteiger partial charge in [0.15, 0.2) is 0 Å². The van der Waals surface area contributed by atoms with Crippen molar-refractivity contribution in [1.29, 1.82) is 0 Å². The average Bonchev–Trinajstić information content (AvgIpc) is 2.68. The Labute approximate surface area is 169 Å². The van der Waals surface area contributed by atoms with E-state index in [0.29, 0.717) is 5.92 Å². The maximum Gasteiger partial charge on any atom is 0.258 e. The predicted octanol–water partition coefficient (Wildman–Crippen LogP) is 6.33. The molecule has 27 heavy (non-hydrogen) atoms. The number of amides is 1. The number of fused-ring (bicyclic) bond motifs is 1. The highest BCUT2D eigenvalue weighted by molar-refractivity contribution is 9.10. The topological polar surface area (TPSA) is 20.3 Å². The first-order valence-electron chi connectivity index (χ1n) is 9.29. The van der Waals surface area contributed by atoms with Gasteiger partial charge in [-0.05, 0) is 61.7 Å². The van der Waals surface area contributed by atoms with Gasteiger partial charge >= 0.3 is 0 Å². The lowest BCUT2D eigenvalue weighted by Gasteiger charge is -2.40. The lowest BCUT2D eigenvalue weighted by Crippen LogP contribution is -2.43. The number of halogens is 1. The molecule has 0 aliphatic carbocycles. The van der Waals surface area contributed by atoms with E-state index >= 15 is 0 Å². The first kappa shape index (κ1) is 18.0. The van der Waals surface area contributed by atoms with Crippen molar-refractivity contribution >= 4 is 27.5 Å². The summed E-state index contributed by atoms with van der Waals surface area (Å²) in [6.07, 6.45) is 0.919. The molecule has 2 unspecified atom stereocenters. The largest absolute Gasteiger partial charge is 0.305 e. The molecule has 0 bridgehead atoms. The summed E-state index contributed by atoms with van der Waals surface area (Å²) in [6.45, 7) is 4.26. The average molecular weight is 420 g/mol. The molecule has 0 radical (unpaired) electrons. The minimum atomic E-state index is 0.0617. The fourth-order valence-electron chi connectivity index (χ4n) is 4.03. The monoisotopic (exact) mass is 419 g/mol. The predicted molar refractivity (Wildman–Crippen MR) is 114 cm³/mol. The van der Waals surface area contributed by atoms with Crippen LogP contribution in [0.25, 0.3) is 0 Å². The summed E-state index contributed by atoms with van der Waals surface area (Å²) in [6, 6.07) is 24.8. The van der Waals surface area contributed by atoms with E-state index in [4.69, 9.17) is 0 Å². The van der Waals surface area contributed by atoms with Crippen LogP contribution in [0.3, 0.4) is 0 Å². The molecule has 2 nitrogen and oxygen atoms in total. The fourth-order valence-corrected chi connectivity index (χ4v) is 4.29. The molecule has 0 aromatic heterocycles. The summed E-state index contributed by atoms with van der Waals surface area (Å²) in [5.41, 5.74) is 5.52. The normalized spacial score (nSPS) is 18.9. The quantitative estimate of drug-likeness (QED) is 0.475. The smallest absolute Gasteiger partial charge is 0.258 e. The first-order chi connectivity index (χ1) is 13.0. The molecular formula is C24H22BrNO. The Morgan fingerprint density at radius 3 is 2.41 bits per heavy atom. The summed E-state index contributed by atoms with van der Waals surface area (Å²) in [4.78, 5) is 15.3. The molecule has 1 heterocycles. The number of anilines is 1. The van der Waals surface area contributed by atoms with Crippen molar-refractivity contribution < 1.29 is 4.79 Å². The number of nitrogens with zero attached hydrogens (tertiary/aromatic N) is 1. The van der Waals surface area contributed by atoms with Gasteiger partial charge in [0.1, 0.15) is 0 Å². The molecule has 0 fully saturated rings. The van der Waals surface area contributed by atoms with Crippen molar-refractivity contribution in [3.8, 4) is 0 Å². The van der Waals surface area contributed by atoms with Crippen LogP contribution in [0.1, 0.15) is 46.3 Å². The van der Waals surface area contributed by atoms with Crippen molar-refractivity contribution in [3.05, 3.63) is 99.5 Å². The second-order valence-electron chi connectivity index (χ2n) is 7.29. The SMILES string of the molecule is Cc1ccc2c(c1)C(c1ccccc1)CC(C)N2C(=O)c1ccc(Br)cc1. The summed E-state index contributed by atoms with van der Waals surface area (Å²) < 4.78 is 0.978. The van der Waals surface area contributed by atoms with Crippen LogP contribution in [0, 0.1) is 6.92 Å². The number of hydrogen-bond acceptors (Lipinski definition) is 1. The van der Waals surface area contributed by atoms with E-state index in [9.17, 15) is 4.79 Å². The van der Waals surface area contributed by atoms with Gasteiger partial charge in [-0.15, -0.1) is 0 Å². The zero-order valence-corrected chi connectivity index (χ0v) is 17.1. The summed E-state index contributed by atoms with van der Waals surface area (Å²) in [7, 11) is 0. The van der Waals surface area contributed by atoms with Crippen LogP contribution in [-0.4, -0.2) is 11.9 Å². The molecule has 0 saturated carbocycles. The minimum absolute atomic E-state index is 0.0617. The van der Waals surface area contributed by atoms with E-state index in [1.165, 1.54) is 16.7 Å². The molecular weight excluding hydrogens is 398 g/mol. The van der Waals surface area contributed by atoms with Crippen molar-refractivity contribution in [1.82, 2.24) is 0 Å². The molecule has 1 aliphatic heterocycles. The van der Waals surface area contributed by atoms with E-state index in [1.807, 2.05) is 29.2 Å². The molecule has 4 rings (SSSR count). The van der Waals surface area contributed by atoms with E-state index < -0.39 is 0 Å². The van der Waals surface area contributed by atoms with Gasteiger partial charge < -0.3 is 4.90 Å². The third kappa shape index (κ3) is 3.44. The molecule has 1 aliphatic rings. The van der Waals surface area contributed by atoms with Crippen molar-refractivity contribution in [2.24, 2.45) is 0 Å². The zero-order valence-electron chi connectivity index (χ0n) is 15.5. The van der Waals surface area contributed by atoms with Crippen molar-refractivity contribution in [3.63, 3.8) is 0 Å². The first-order valence-corrected chi connectivity index (χ1v) is 10.1. The number of benzene rings is 3. The Bertz CT molecular complexity index is 965. The Morgan fingerprint density at radius 2 is 1.70 bits per heavy atom. The summed E-state index contributed by atoms with van der Waals surface area (Å²) in [5.74, 6) is 0.372. The minimum Gasteiger partial charge on any atom is -0.305 e. The number of hydrogen-bond donors (Lipinski definition) is 0. The summed E-state index contributed by atoms with van der Waals surface area (Å²) >= 11 is 3.45. The Kier molecular flexibility index (Phi) is 4.88. The number of rotatable bonds is 2. The molecule has 3 heteroatoms. The summed E-state index contributed by atoms with van der Waals surface area (Å²) in [5, 5.41) is 0. The van der Waals surface area contributed by atoms with Gasteiger partial charge in [0.05, 0.1) is 0 Å². The Balaban J connectivity index is 1.80. The second-order valence-corrected chi connectivity index (χ2v) is 8.21. The van der Waals surface area contributed by atoms with Gasteiger partial charge in [0, 0.05) is 27.7 Å². The molecule has 3 aromatic rings. The molecule has 0 N–H and O–H groups in total. The van der Waals surface area contributed by atoms with Crippen LogP contribution in [0.5, 0.6) is 0 Å². The number of aryl methyl sites for hydroxylation is 1. The molecule has 136 valence electrons. The molecule has 2 atom stereocenters. The van der Waals surface area contributed by atoms with E-state index in [2.05, 4.69) is 78.3 Å². The lowest BCUT2D eigenvalue weighted by atomic mass is 9.80. The molecule has 0 saturated heterocycles. The van der Waals surface area contributed by atoms with Gasteiger partial charge in [-0.3, -0.25) is 4.79 Å². The number of carbonyl (C=O) groups is 1. The highest BCUT2D eigenvalue weighted by Gasteiger charge is 2.34. The number of carbonyl (C=O) groups excluding carboxylic acids is 1. The van der Waals surface area contributed by atoms with E-state index in [1.54, 1.807) is 0 Å². The van der Waals surface area contributed by atoms with Gasteiger partial charge in [-0.2, -0.15) is 0 Å². The standard InChI is InChI=1S/C24H22BrNO/c1-16-8-13-23-22(14-16)21(18-6-4-3-5-7-18)15-17(2)26(23)24(27)19-9-11-20(25)12-10-19/h3-14,17,21H,15H2,1-2H3. The Morgan fingerprint density at radius 1 is 1.00 bits per heavy atom. The van der Waals surface area contributed by atoms with Crippen LogP contribution < -0.4 is 4.90 Å². The van der Waals surface area contributed by atoms with Gasteiger partial charge in [0.2, 0.25) is 0 Å². The second kappa shape index (κ2) is 7.32. The fraction of sp³-hybridized carbons (Fsp3) is 0.208. The Hall–Kier alpha value is -2.39. The maximum absolute atomic E-state index is 13.3. The van der Waals surface area contributed by atoms with Crippen molar-refractivity contribution in [2.45, 2.75) is 32.2 Å². The molecule has 1 amide bonds. The van der Waals surface area contributed by atoms with Crippen LogP contribution in [0.15, 0.2) is 77.3 Å².